The lowest BCUT2D eigenvalue weighted by Gasteiger charge is -2.44. The van der Waals surface area contributed by atoms with Gasteiger partial charge in [0.25, 0.3) is 6.71 Å². The summed E-state index contributed by atoms with van der Waals surface area (Å²) in [5.74, 6) is 0. The Labute approximate surface area is 388 Å². The molecule has 0 saturated heterocycles. The minimum atomic E-state index is 0.000890. The van der Waals surface area contributed by atoms with Crippen LogP contribution in [0.4, 0.5) is 34.1 Å². The number of aryl methyl sites for hydroxylation is 3. The van der Waals surface area contributed by atoms with Crippen molar-refractivity contribution in [1.29, 1.82) is 0 Å². The van der Waals surface area contributed by atoms with Crippen LogP contribution in [0.1, 0.15) is 16.7 Å². The molecule has 0 amide bonds. The first-order chi connectivity index (χ1) is 32.5. The van der Waals surface area contributed by atoms with Crippen molar-refractivity contribution in [1.82, 2.24) is 0 Å². The Balaban J connectivity index is 1.19. The third kappa shape index (κ3) is 6.75. The average Bonchev–Trinajstić information content (AvgIpc) is 3.36. The Morgan fingerprint density at radius 1 is 0.288 bits per heavy atom. The standard InChI is InChI=1S/C63H47BN2/c1-42-32-43(2)62(44(3)33-42)53-40-60-63-61(41-53)66(55-38-51(47-24-12-6-13-25-47)35-52(39-55)48-26-14-7-15-27-48)59-31-19-17-29-57(59)64(63)56-28-16-18-30-58(56)65(60)54-36-49(45-20-8-4-9-21-45)34-50(37-54)46-22-10-5-11-23-46/h4-41H,1-3H3. The van der Waals surface area contributed by atoms with Gasteiger partial charge in [-0.15, -0.1) is 0 Å². The maximum absolute atomic E-state index is 2.56. The van der Waals surface area contributed by atoms with Gasteiger partial charge < -0.3 is 9.80 Å². The number of nitrogens with zero attached hydrogens (tertiary/aromatic N) is 2. The van der Waals surface area contributed by atoms with E-state index in [2.05, 4.69) is 261 Å². The summed E-state index contributed by atoms with van der Waals surface area (Å²) in [7, 11) is 0. The summed E-state index contributed by atoms with van der Waals surface area (Å²) >= 11 is 0. The highest BCUT2D eigenvalue weighted by atomic mass is 15.2. The normalized spacial score (nSPS) is 12.4. The van der Waals surface area contributed by atoms with Gasteiger partial charge in [0.05, 0.1) is 0 Å². The molecule has 0 aromatic heterocycles. The van der Waals surface area contributed by atoms with E-state index in [4.69, 9.17) is 0 Å². The van der Waals surface area contributed by atoms with Crippen LogP contribution in [0.15, 0.2) is 231 Å². The highest BCUT2D eigenvalue weighted by molar-refractivity contribution is 7.00. The van der Waals surface area contributed by atoms with Crippen LogP contribution in [0.5, 0.6) is 0 Å². The molecule has 2 aliphatic rings. The summed E-state index contributed by atoms with van der Waals surface area (Å²) < 4.78 is 0. The highest BCUT2D eigenvalue weighted by Crippen LogP contribution is 2.49. The largest absolute Gasteiger partial charge is 0.311 e. The van der Waals surface area contributed by atoms with Crippen LogP contribution < -0.4 is 26.2 Å². The van der Waals surface area contributed by atoms with Gasteiger partial charge in [-0.05, 0) is 165 Å². The highest BCUT2D eigenvalue weighted by Gasteiger charge is 2.43. The van der Waals surface area contributed by atoms with Crippen molar-refractivity contribution in [3.05, 3.63) is 247 Å². The first-order valence-corrected chi connectivity index (χ1v) is 23.0. The van der Waals surface area contributed by atoms with Crippen molar-refractivity contribution in [2.24, 2.45) is 0 Å². The van der Waals surface area contributed by atoms with E-state index < -0.39 is 0 Å². The second kappa shape index (κ2) is 16.1. The van der Waals surface area contributed by atoms with Crippen LogP contribution >= 0.6 is 0 Å². The number of anilines is 6. The number of benzene rings is 10. The van der Waals surface area contributed by atoms with E-state index in [1.807, 2.05) is 0 Å². The summed E-state index contributed by atoms with van der Waals surface area (Å²) in [6.45, 7) is 6.75. The third-order valence-corrected chi connectivity index (χ3v) is 13.6. The summed E-state index contributed by atoms with van der Waals surface area (Å²) in [4.78, 5) is 5.13. The number of para-hydroxylation sites is 2. The Morgan fingerprint density at radius 2 is 0.621 bits per heavy atom. The third-order valence-electron chi connectivity index (χ3n) is 13.6. The maximum atomic E-state index is 2.56. The molecule has 312 valence electrons. The fraction of sp³-hybridized carbons (Fsp3) is 0.0476. The minimum Gasteiger partial charge on any atom is -0.311 e. The first kappa shape index (κ1) is 39.5. The molecule has 10 aromatic rings. The van der Waals surface area contributed by atoms with Gasteiger partial charge in [-0.2, -0.15) is 0 Å². The van der Waals surface area contributed by atoms with Gasteiger partial charge in [-0.3, -0.25) is 0 Å². The molecule has 10 aromatic carbocycles. The summed E-state index contributed by atoms with van der Waals surface area (Å²) in [6.07, 6.45) is 0. The summed E-state index contributed by atoms with van der Waals surface area (Å²) in [5, 5.41) is 0. The van der Waals surface area contributed by atoms with Gasteiger partial charge in [0.15, 0.2) is 0 Å². The fourth-order valence-electron chi connectivity index (χ4n) is 10.9. The average molecular weight is 843 g/mol. The number of hydrogen-bond acceptors (Lipinski definition) is 2. The van der Waals surface area contributed by atoms with E-state index in [1.165, 1.54) is 111 Å². The lowest BCUT2D eigenvalue weighted by Crippen LogP contribution is -2.61. The predicted molar refractivity (Wildman–Crippen MR) is 282 cm³/mol. The molecule has 66 heavy (non-hydrogen) atoms. The van der Waals surface area contributed by atoms with Crippen LogP contribution in [0.25, 0.3) is 55.6 Å². The first-order valence-electron chi connectivity index (χ1n) is 23.0. The van der Waals surface area contributed by atoms with Crippen molar-refractivity contribution < 1.29 is 0 Å². The fourth-order valence-corrected chi connectivity index (χ4v) is 10.9. The lowest BCUT2D eigenvalue weighted by molar-refractivity contribution is 1.25. The molecule has 2 aliphatic heterocycles. The zero-order chi connectivity index (χ0) is 44.3. The lowest BCUT2D eigenvalue weighted by atomic mass is 9.33. The molecular formula is C63H47BN2. The van der Waals surface area contributed by atoms with Gasteiger partial charge in [0.1, 0.15) is 0 Å². The molecule has 0 unspecified atom stereocenters. The van der Waals surface area contributed by atoms with Crippen molar-refractivity contribution in [3.63, 3.8) is 0 Å². The molecule has 12 rings (SSSR count). The molecule has 2 nitrogen and oxygen atoms in total. The van der Waals surface area contributed by atoms with Gasteiger partial charge in [0.2, 0.25) is 0 Å². The van der Waals surface area contributed by atoms with Gasteiger partial charge in [0, 0.05) is 34.1 Å². The van der Waals surface area contributed by atoms with Crippen molar-refractivity contribution in [2.75, 3.05) is 9.80 Å². The quantitative estimate of drug-likeness (QED) is 0.148. The molecule has 0 fully saturated rings. The number of fused-ring (bicyclic) bond motifs is 4. The van der Waals surface area contributed by atoms with Crippen LogP contribution in [-0.2, 0) is 0 Å². The van der Waals surface area contributed by atoms with E-state index in [9.17, 15) is 0 Å². The van der Waals surface area contributed by atoms with E-state index in [1.54, 1.807) is 0 Å². The van der Waals surface area contributed by atoms with E-state index >= 15 is 0 Å². The van der Waals surface area contributed by atoms with Gasteiger partial charge in [-0.1, -0.05) is 175 Å². The van der Waals surface area contributed by atoms with Gasteiger partial charge >= 0.3 is 0 Å². The molecule has 0 aliphatic carbocycles. The van der Waals surface area contributed by atoms with Crippen LogP contribution in [0.2, 0.25) is 0 Å². The van der Waals surface area contributed by atoms with Crippen molar-refractivity contribution in [2.45, 2.75) is 20.8 Å². The minimum absolute atomic E-state index is 0.000890. The zero-order valence-corrected chi connectivity index (χ0v) is 37.4. The molecule has 0 spiro atoms. The number of hydrogen-bond donors (Lipinski definition) is 0. The maximum Gasteiger partial charge on any atom is 0.252 e. The molecule has 0 N–H and O–H groups in total. The van der Waals surface area contributed by atoms with Crippen LogP contribution in [0, 0.1) is 20.8 Å². The van der Waals surface area contributed by atoms with E-state index in [-0.39, 0.29) is 6.71 Å². The second-order valence-corrected chi connectivity index (χ2v) is 17.9. The summed E-state index contributed by atoms with van der Waals surface area (Å²) in [6, 6.07) is 85.4. The predicted octanol–water partition coefficient (Wildman–Crippen LogP) is 15.0. The molecule has 2 heterocycles. The Hall–Kier alpha value is -8.14. The Bertz CT molecular complexity index is 3120. The van der Waals surface area contributed by atoms with E-state index in [0.29, 0.717) is 0 Å². The van der Waals surface area contributed by atoms with Crippen molar-refractivity contribution in [3.8, 4) is 55.6 Å². The van der Waals surface area contributed by atoms with E-state index in [0.717, 1.165) is 11.4 Å². The van der Waals surface area contributed by atoms with Crippen LogP contribution in [0.3, 0.4) is 0 Å². The van der Waals surface area contributed by atoms with Crippen LogP contribution in [-0.4, -0.2) is 6.71 Å². The molecule has 0 saturated carbocycles. The Kier molecular flexibility index (Phi) is 9.65. The van der Waals surface area contributed by atoms with Gasteiger partial charge in [-0.25, -0.2) is 0 Å². The SMILES string of the molecule is Cc1cc(C)c(-c2cc3c4c(c2)N(c2cc(-c5ccccc5)cc(-c5ccccc5)c2)c2ccccc2B4c2ccccc2N3c2cc(-c3ccccc3)cc(-c3ccccc3)c2)c(C)c1. The zero-order valence-electron chi connectivity index (χ0n) is 37.4. The monoisotopic (exact) mass is 842 g/mol. The van der Waals surface area contributed by atoms with Crippen molar-refractivity contribution >= 4 is 57.2 Å². The second-order valence-electron chi connectivity index (χ2n) is 17.9. The smallest absolute Gasteiger partial charge is 0.252 e. The number of rotatable bonds is 7. The molecule has 0 radical (unpaired) electrons. The summed E-state index contributed by atoms with van der Waals surface area (Å²) in [5.41, 5.74) is 26.7. The molecular weight excluding hydrogens is 796 g/mol. The topological polar surface area (TPSA) is 6.48 Å². The molecule has 3 heteroatoms. The molecule has 0 bridgehead atoms. The molecule has 0 atom stereocenters. The Morgan fingerprint density at radius 3 is 0.985 bits per heavy atom.